The van der Waals surface area contributed by atoms with Gasteiger partial charge >= 0.3 is 16.2 Å². The van der Waals surface area contributed by atoms with Gasteiger partial charge in [0.05, 0.1) is 22.0 Å². The number of para-hydroxylation sites is 2. The first-order valence-electron chi connectivity index (χ1n) is 14.8. The Morgan fingerprint density at radius 1 is 0.851 bits per heavy atom. The topological polar surface area (TPSA) is 214 Å². The minimum absolute atomic E-state index is 0.0459. The van der Waals surface area contributed by atoms with Crippen LogP contribution in [0.2, 0.25) is 0 Å². The summed E-state index contributed by atoms with van der Waals surface area (Å²) in [6.07, 6.45) is -1.25. The number of rotatable bonds is 10. The van der Waals surface area contributed by atoms with Gasteiger partial charge in [-0.25, -0.2) is 13.2 Å². The summed E-state index contributed by atoms with van der Waals surface area (Å²) in [7, 11) is -9.54. The number of ketones is 1. The Hall–Kier alpha value is -4.00. The van der Waals surface area contributed by atoms with Gasteiger partial charge in [-0.05, 0) is 64.5 Å². The minimum atomic E-state index is -4.77. The Labute approximate surface area is 272 Å². The van der Waals surface area contributed by atoms with Crippen LogP contribution < -0.4 is 0 Å². The first-order valence-corrected chi connectivity index (χ1v) is 17.7. The van der Waals surface area contributed by atoms with Crippen LogP contribution in [0, 0.1) is 26.1 Å². The number of nitro benzene ring substituents is 2. The SMILES string of the molecule is CC(C)(C)OC(=O)N1CCC(CC(=O)[C@@H]2CC[C@H](OS(=O)(=O)c3ccccc3[N+](=O)[O-])CN2S(=O)(=O)c2ccccc2[N+](=O)[O-])CC1. The van der Waals surface area contributed by atoms with Gasteiger partial charge in [0.2, 0.25) is 0 Å². The molecule has 18 heteroatoms. The Morgan fingerprint density at radius 3 is 1.94 bits per heavy atom. The first kappa shape index (κ1) is 35.8. The molecule has 2 atom stereocenters. The molecule has 4 rings (SSSR count). The summed E-state index contributed by atoms with van der Waals surface area (Å²) < 4.78 is 65.7. The highest BCUT2D eigenvalue weighted by Gasteiger charge is 2.45. The quantitative estimate of drug-likeness (QED) is 0.196. The van der Waals surface area contributed by atoms with Gasteiger partial charge in [0.15, 0.2) is 15.6 Å². The van der Waals surface area contributed by atoms with Crippen molar-refractivity contribution in [2.45, 2.75) is 80.4 Å². The Bertz CT molecular complexity index is 1750. The molecule has 2 aliphatic heterocycles. The van der Waals surface area contributed by atoms with Crippen molar-refractivity contribution < 1.29 is 45.2 Å². The molecule has 47 heavy (non-hydrogen) atoms. The predicted molar refractivity (Wildman–Crippen MR) is 165 cm³/mol. The first-order chi connectivity index (χ1) is 21.9. The lowest BCUT2D eigenvalue weighted by Gasteiger charge is -2.38. The fourth-order valence-corrected chi connectivity index (χ4v) is 8.74. The van der Waals surface area contributed by atoms with E-state index in [-0.39, 0.29) is 25.2 Å². The van der Waals surface area contributed by atoms with Crippen molar-refractivity contribution in [3.63, 3.8) is 0 Å². The number of Topliss-reactive ketones (excluding diaryl/α,β-unsaturated/α-hetero) is 1. The summed E-state index contributed by atoms with van der Waals surface area (Å²) in [5.41, 5.74) is -2.15. The zero-order valence-electron chi connectivity index (χ0n) is 26.0. The second kappa shape index (κ2) is 14.0. The maximum atomic E-state index is 14.0. The summed E-state index contributed by atoms with van der Waals surface area (Å²) in [4.78, 5) is 47.7. The zero-order chi connectivity index (χ0) is 34.7. The van der Waals surface area contributed by atoms with Crippen LogP contribution in [0.15, 0.2) is 58.3 Å². The summed E-state index contributed by atoms with van der Waals surface area (Å²) in [6.45, 7) is 5.24. The lowest BCUT2D eigenvalue weighted by Crippen LogP contribution is -2.53. The molecule has 2 aromatic rings. The number of nitrogens with zero attached hydrogens (tertiary/aromatic N) is 4. The summed E-state index contributed by atoms with van der Waals surface area (Å²) in [5.74, 6) is -0.660. The number of likely N-dealkylation sites (tertiary alicyclic amines) is 1. The molecule has 16 nitrogen and oxygen atoms in total. The lowest BCUT2D eigenvalue weighted by molar-refractivity contribution is -0.388. The largest absolute Gasteiger partial charge is 0.444 e. The van der Waals surface area contributed by atoms with E-state index in [0.29, 0.717) is 25.9 Å². The van der Waals surface area contributed by atoms with Gasteiger partial charge in [-0.2, -0.15) is 12.7 Å². The van der Waals surface area contributed by atoms with Gasteiger partial charge in [-0.3, -0.25) is 29.2 Å². The van der Waals surface area contributed by atoms with Crippen LogP contribution in [0.3, 0.4) is 0 Å². The summed E-state index contributed by atoms with van der Waals surface area (Å²) in [6, 6.07) is 7.80. The monoisotopic (exact) mass is 696 g/mol. The number of carbonyl (C=O) groups excluding carboxylic acids is 2. The molecule has 0 unspecified atom stereocenters. The smallest absolute Gasteiger partial charge is 0.410 e. The number of piperidine rings is 2. The second-order valence-electron chi connectivity index (χ2n) is 12.4. The summed E-state index contributed by atoms with van der Waals surface area (Å²) in [5, 5.41) is 23.2. The number of hydrogen-bond donors (Lipinski definition) is 0. The molecule has 2 heterocycles. The fraction of sp³-hybridized carbons (Fsp3) is 0.517. The Balaban J connectivity index is 1.58. The molecule has 2 aliphatic rings. The molecule has 0 spiro atoms. The van der Waals surface area contributed by atoms with Crippen molar-refractivity contribution in [1.29, 1.82) is 0 Å². The van der Waals surface area contributed by atoms with E-state index in [2.05, 4.69) is 0 Å². The molecule has 2 saturated heterocycles. The molecular weight excluding hydrogens is 660 g/mol. The van der Waals surface area contributed by atoms with Crippen LogP contribution in [0.25, 0.3) is 0 Å². The molecule has 0 radical (unpaired) electrons. The van der Waals surface area contributed by atoms with E-state index < -0.39 is 87.3 Å². The Morgan fingerprint density at radius 2 is 1.38 bits per heavy atom. The third-order valence-corrected chi connectivity index (χ3v) is 11.2. The van der Waals surface area contributed by atoms with Crippen molar-refractivity contribution in [2.75, 3.05) is 19.6 Å². The number of benzene rings is 2. The molecule has 0 aliphatic carbocycles. The number of ether oxygens (including phenoxy) is 1. The highest BCUT2D eigenvalue weighted by atomic mass is 32.2. The third kappa shape index (κ3) is 8.48. The average molecular weight is 697 g/mol. The number of amides is 1. The molecule has 0 bridgehead atoms. The van der Waals surface area contributed by atoms with Gasteiger partial charge in [-0.1, -0.05) is 24.3 Å². The minimum Gasteiger partial charge on any atom is -0.444 e. The number of sulfonamides is 1. The van der Waals surface area contributed by atoms with Gasteiger partial charge < -0.3 is 9.64 Å². The molecule has 2 aromatic carbocycles. The van der Waals surface area contributed by atoms with Crippen LogP contribution in [0.5, 0.6) is 0 Å². The molecular formula is C29H36N4O12S2. The van der Waals surface area contributed by atoms with Gasteiger partial charge in [0.1, 0.15) is 5.60 Å². The van der Waals surface area contributed by atoms with Crippen LogP contribution >= 0.6 is 0 Å². The van der Waals surface area contributed by atoms with Crippen LogP contribution in [0.4, 0.5) is 16.2 Å². The van der Waals surface area contributed by atoms with E-state index in [0.717, 1.165) is 28.6 Å². The molecule has 0 N–H and O–H groups in total. The lowest BCUT2D eigenvalue weighted by atomic mass is 9.88. The fourth-order valence-electron chi connectivity index (χ4n) is 5.64. The molecule has 256 valence electrons. The van der Waals surface area contributed by atoms with Crippen molar-refractivity contribution in [3.8, 4) is 0 Å². The van der Waals surface area contributed by atoms with E-state index in [4.69, 9.17) is 8.92 Å². The van der Waals surface area contributed by atoms with Crippen molar-refractivity contribution in [2.24, 2.45) is 5.92 Å². The standard InChI is InChI=1S/C29H36N4O12S2/c1-29(2,3)44-28(35)30-16-14-20(15-17-30)18-25(34)22-13-12-21(45-47(42,43)27-11-7-5-9-24(27)33(38)39)19-31(22)46(40,41)26-10-6-4-8-23(26)32(36)37/h4-11,20-22H,12-19H2,1-3H3/t21-,22-/m0/s1. The van der Waals surface area contributed by atoms with Crippen LogP contribution in [0.1, 0.15) is 52.9 Å². The van der Waals surface area contributed by atoms with Crippen molar-refractivity contribution >= 4 is 43.4 Å². The van der Waals surface area contributed by atoms with E-state index in [9.17, 15) is 46.7 Å². The van der Waals surface area contributed by atoms with Gasteiger partial charge in [0.25, 0.3) is 21.4 Å². The second-order valence-corrected chi connectivity index (χ2v) is 15.8. The zero-order valence-corrected chi connectivity index (χ0v) is 27.6. The molecule has 0 aromatic heterocycles. The van der Waals surface area contributed by atoms with Gasteiger partial charge in [-0.15, -0.1) is 0 Å². The molecule has 1 amide bonds. The van der Waals surface area contributed by atoms with Crippen LogP contribution in [-0.4, -0.2) is 85.1 Å². The Kier molecular flexibility index (Phi) is 10.7. The van der Waals surface area contributed by atoms with E-state index in [1.165, 1.54) is 29.2 Å². The van der Waals surface area contributed by atoms with E-state index in [1.54, 1.807) is 20.8 Å². The average Bonchev–Trinajstić information content (AvgIpc) is 3.00. The number of nitro groups is 2. The maximum absolute atomic E-state index is 14.0. The highest BCUT2D eigenvalue weighted by molar-refractivity contribution is 7.89. The summed E-state index contributed by atoms with van der Waals surface area (Å²) >= 11 is 0. The van der Waals surface area contributed by atoms with Crippen LogP contribution in [-0.2, 0) is 33.9 Å². The molecule has 0 saturated carbocycles. The highest BCUT2D eigenvalue weighted by Crippen LogP contribution is 2.35. The maximum Gasteiger partial charge on any atom is 0.410 e. The molecule has 2 fully saturated rings. The van der Waals surface area contributed by atoms with Crippen molar-refractivity contribution in [1.82, 2.24) is 9.21 Å². The number of hydrogen-bond acceptors (Lipinski definition) is 12. The van der Waals surface area contributed by atoms with E-state index >= 15 is 0 Å². The normalized spacial score (nSPS) is 20.0. The third-order valence-electron chi connectivity index (χ3n) is 7.86. The number of carbonyl (C=O) groups is 2. The van der Waals surface area contributed by atoms with Gasteiger partial charge in [0, 0.05) is 38.2 Å². The van der Waals surface area contributed by atoms with E-state index in [1.807, 2.05) is 0 Å². The van der Waals surface area contributed by atoms with Crippen molar-refractivity contribution in [3.05, 3.63) is 68.8 Å². The predicted octanol–water partition coefficient (Wildman–Crippen LogP) is 4.04.